The van der Waals surface area contributed by atoms with Crippen LogP contribution in [0.3, 0.4) is 0 Å². The first-order chi connectivity index (χ1) is 8.22. The Kier molecular flexibility index (Phi) is 3.54. The number of hydrogen-bond donors (Lipinski definition) is 1. The van der Waals surface area contributed by atoms with Crippen LogP contribution in [-0.4, -0.2) is 19.6 Å². The first-order valence-electron chi connectivity index (χ1n) is 5.89. The molecule has 0 radical (unpaired) electrons. The Morgan fingerprint density at radius 1 is 1.35 bits per heavy atom. The van der Waals surface area contributed by atoms with E-state index in [0.717, 1.165) is 30.0 Å². The molecule has 2 rings (SSSR count). The first kappa shape index (κ1) is 11.8. The van der Waals surface area contributed by atoms with Crippen LogP contribution in [0.1, 0.15) is 37.8 Å². The highest BCUT2D eigenvalue weighted by Crippen LogP contribution is 2.14. The highest BCUT2D eigenvalue weighted by molar-refractivity contribution is 5.28. The van der Waals surface area contributed by atoms with Crippen molar-refractivity contribution in [1.82, 2.24) is 14.5 Å². The fourth-order valence-electron chi connectivity index (χ4n) is 1.74. The number of aryl methyl sites for hydroxylation is 1. The Balaban J connectivity index is 2.30. The Labute approximate surface area is 101 Å². The van der Waals surface area contributed by atoms with E-state index < -0.39 is 6.10 Å². The van der Waals surface area contributed by atoms with Crippen molar-refractivity contribution in [2.75, 3.05) is 0 Å². The van der Waals surface area contributed by atoms with Crippen molar-refractivity contribution in [3.63, 3.8) is 0 Å². The minimum atomic E-state index is -0.477. The van der Waals surface area contributed by atoms with Gasteiger partial charge in [0.05, 0.1) is 6.10 Å². The summed E-state index contributed by atoms with van der Waals surface area (Å²) in [5.41, 5.74) is 0.825. The van der Waals surface area contributed by atoms with Crippen LogP contribution in [0.2, 0.25) is 0 Å². The maximum Gasteiger partial charge on any atom is 0.138 e. The molecule has 0 saturated carbocycles. The molecule has 0 bridgehead atoms. The van der Waals surface area contributed by atoms with Crippen molar-refractivity contribution in [2.45, 2.75) is 32.8 Å². The Morgan fingerprint density at radius 2 is 2.18 bits per heavy atom. The number of aliphatic hydroxyl groups is 1. The molecule has 4 heteroatoms. The van der Waals surface area contributed by atoms with Crippen molar-refractivity contribution in [2.24, 2.45) is 0 Å². The zero-order valence-electron chi connectivity index (χ0n) is 10.2. The van der Waals surface area contributed by atoms with Crippen molar-refractivity contribution >= 4 is 0 Å². The van der Waals surface area contributed by atoms with Gasteiger partial charge in [-0.25, -0.2) is 9.97 Å². The van der Waals surface area contributed by atoms with Crippen LogP contribution in [0.15, 0.2) is 30.7 Å². The van der Waals surface area contributed by atoms with Crippen LogP contribution in [0, 0.1) is 0 Å². The van der Waals surface area contributed by atoms with Gasteiger partial charge >= 0.3 is 0 Å². The molecular formula is C13H17N3O. The summed E-state index contributed by atoms with van der Waals surface area (Å²) in [6, 6.07) is 3.80. The van der Waals surface area contributed by atoms with E-state index in [1.54, 1.807) is 19.3 Å². The minimum absolute atomic E-state index is 0.477. The quantitative estimate of drug-likeness (QED) is 0.878. The van der Waals surface area contributed by atoms with Crippen LogP contribution < -0.4 is 0 Å². The molecule has 90 valence electrons. The fraction of sp³-hybridized carbons (Fsp3) is 0.385. The zero-order chi connectivity index (χ0) is 12.3. The lowest BCUT2D eigenvalue weighted by atomic mass is 10.2. The second kappa shape index (κ2) is 5.10. The fourth-order valence-corrected chi connectivity index (χ4v) is 1.74. The second-order valence-corrected chi connectivity index (χ2v) is 4.09. The molecule has 0 aliphatic carbocycles. The zero-order valence-corrected chi connectivity index (χ0v) is 10.2. The molecule has 0 aliphatic heterocycles. The summed E-state index contributed by atoms with van der Waals surface area (Å²) in [5, 5.41) is 9.42. The maximum atomic E-state index is 9.42. The van der Waals surface area contributed by atoms with E-state index >= 15 is 0 Å². The standard InChI is InChI=1S/C13H17N3O/c1-3-4-12-14-7-8-16(12)13-6-5-11(9-15-13)10(2)17/h5-10,17H,3-4H2,1-2H3/t10-/m1/s1. The third-order valence-corrected chi connectivity index (χ3v) is 2.69. The third kappa shape index (κ3) is 2.53. The van der Waals surface area contributed by atoms with Gasteiger partial charge in [-0.15, -0.1) is 0 Å². The minimum Gasteiger partial charge on any atom is -0.389 e. The lowest BCUT2D eigenvalue weighted by Crippen LogP contribution is -2.03. The van der Waals surface area contributed by atoms with Crippen molar-refractivity contribution in [3.05, 3.63) is 42.1 Å². The molecule has 2 aromatic heterocycles. The third-order valence-electron chi connectivity index (χ3n) is 2.69. The highest BCUT2D eigenvalue weighted by atomic mass is 16.3. The topological polar surface area (TPSA) is 50.9 Å². The van der Waals surface area contributed by atoms with Gasteiger partial charge in [0.2, 0.25) is 0 Å². The van der Waals surface area contributed by atoms with Crippen molar-refractivity contribution in [3.8, 4) is 5.82 Å². The SMILES string of the molecule is CCCc1nccn1-c1ccc([C@@H](C)O)cn1. The molecule has 0 saturated heterocycles. The van der Waals surface area contributed by atoms with Crippen LogP contribution in [0.5, 0.6) is 0 Å². The molecular weight excluding hydrogens is 214 g/mol. The van der Waals surface area contributed by atoms with Gasteiger partial charge in [-0.2, -0.15) is 0 Å². The molecule has 0 unspecified atom stereocenters. The van der Waals surface area contributed by atoms with Crippen molar-refractivity contribution in [1.29, 1.82) is 0 Å². The highest BCUT2D eigenvalue weighted by Gasteiger charge is 2.06. The number of nitrogens with zero attached hydrogens (tertiary/aromatic N) is 3. The summed E-state index contributed by atoms with van der Waals surface area (Å²) >= 11 is 0. The van der Waals surface area contributed by atoms with E-state index in [2.05, 4.69) is 16.9 Å². The molecule has 1 atom stereocenters. The van der Waals surface area contributed by atoms with E-state index in [4.69, 9.17) is 0 Å². The molecule has 17 heavy (non-hydrogen) atoms. The summed E-state index contributed by atoms with van der Waals surface area (Å²) in [5.74, 6) is 1.86. The normalized spacial score (nSPS) is 12.6. The maximum absolute atomic E-state index is 9.42. The Morgan fingerprint density at radius 3 is 2.76 bits per heavy atom. The van der Waals surface area contributed by atoms with Gasteiger partial charge in [0.1, 0.15) is 11.6 Å². The molecule has 0 aliphatic rings. The van der Waals surface area contributed by atoms with Gasteiger partial charge in [0.15, 0.2) is 0 Å². The lowest BCUT2D eigenvalue weighted by Gasteiger charge is -2.08. The van der Waals surface area contributed by atoms with Gasteiger partial charge < -0.3 is 5.11 Å². The Hall–Kier alpha value is -1.68. The van der Waals surface area contributed by atoms with Crippen LogP contribution >= 0.6 is 0 Å². The smallest absolute Gasteiger partial charge is 0.138 e. The summed E-state index contributed by atoms with van der Waals surface area (Å²) in [7, 11) is 0. The summed E-state index contributed by atoms with van der Waals surface area (Å²) in [6.07, 6.45) is 6.92. The van der Waals surface area contributed by atoms with E-state index in [9.17, 15) is 5.11 Å². The number of aliphatic hydroxyl groups excluding tert-OH is 1. The molecule has 1 N–H and O–H groups in total. The summed E-state index contributed by atoms with van der Waals surface area (Å²) in [6.45, 7) is 3.86. The number of pyridine rings is 1. The van der Waals surface area contributed by atoms with E-state index in [1.807, 2.05) is 22.9 Å². The van der Waals surface area contributed by atoms with E-state index in [-0.39, 0.29) is 0 Å². The van der Waals surface area contributed by atoms with Crippen LogP contribution in [-0.2, 0) is 6.42 Å². The van der Waals surface area contributed by atoms with Gasteiger partial charge in [-0.1, -0.05) is 13.0 Å². The number of hydrogen-bond acceptors (Lipinski definition) is 3. The first-order valence-corrected chi connectivity index (χ1v) is 5.89. The van der Waals surface area contributed by atoms with Gasteiger partial charge in [-0.3, -0.25) is 4.57 Å². The van der Waals surface area contributed by atoms with Gasteiger partial charge in [0.25, 0.3) is 0 Å². The molecule has 0 aromatic carbocycles. The molecule has 4 nitrogen and oxygen atoms in total. The predicted molar refractivity (Wildman–Crippen MR) is 66.0 cm³/mol. The average molecular weight is 231 g/mol. The molecule has 2 aromatic rings. The molecule has 2 heterocycles. The number of imidazole rings is 1. The lowest BCUT2D eigenvalue weighted by molar-refractivity contribution is 0.199. The molecule has 0 spiro atoms. The largest absolute Gasteiger partial charge is 0.389 e. The predicted octanol–water partition coefficient (Wildman–Crippen LogP) is 2.27. The average Bonchev–Trinajstić information content (AvgIpc) is 2.78. The van der Waals surface area contributed by atoms with E-state index in [0.29, 0.717) is 0 Å². The number of rotatable bonds is 4. The van der Waals surface area contributed by atoms with Gasteiger partial charge in [0, 0.05) is 25.0 Å². The van der Waals surface area contributed by atoms with E-state index in [1.165, 1.54) is 0 Å². The number of aromatic nitrogens is 3. The van der Waals surface area contributed by atoms with Crippen LogP contribution in [0.25, 0.3) is 5.82 Å². The monoisotopic (exact) mass is 231 g/mol. The van der Waals surface area contributed by atoms with Crippen molar-refractivity contribution < 1.29 is 5.11 Å². The van der Waals surface area contributed by atoms with Crippen LogP contribution in [0.4, 0.5) is 0 Å². The summed E-state index contributed by atoms with van der Waals surface area (Å²) in [4.78, 5) is 8.66. The van der Waals surface area contributed by atoms with Gasteiger partial charge in [-0.05, 0) is 25.0 Å². The Bertz CT molecular complexity index is 474. The molecule has 0 amide bonds. The summed E-state index contributed by atoms with van der Waals surface area (Å²) < 4.78 is 1.98. The second-order valence-electron chi connectivity index (χ2n) is 4.09. The molecule has 0 fully saturated rings.